The van der Waals surface area contributed by atoms with Crippen molar-refractivity contribution in [1.29, 1.82) is 0 Å². The van der Waals surface area contributed by atoms with Gasteiger partial charge in [-0.2, -0.15) is 0 Å². The summed E-state index contributed by atoms with van der Waals surface area (Å²) < 4.78 is 24.8. The van der Waals surface area contributed by atoms with Crippen molar-refractivity contribution in [1.82, 2.24) is 19.3 Å². The standard InChI is InChI=1S/C19H23N5O2S/c1-3-24(27(2,25)26)14-6-11-21-19-16-7-4-5-8-17(16)22-18(23-19)15-9-12-20-13-10-15/h4-5,7-10,12-13H,3,6,11,14H2,1-2H3,(H,21,22,23). The summed E-state index contributed by atoms with van der Waals surface area (Å²) in [5.41, 5.74) is 1.75. The lowest BCUT2D eigenvalue weighted by Gasteiger charge is -2.18. The summed E-state index contributed by atoms with van der Waals surface area (Å²) >= 11 is 0. The summed E-state index contributed by atoms with van der Waals surface area (Å²) in [6.07, 6.45) is 5.35. The van der Waals surface area contributed by atoms with E-state index >= 15 is 0 Å². The lowest BCUT2D eigenvalue weighted by atomic mass is 10.2. The van der Waals surface area contributed by atoms with Crippen LogP contribution in [-0.4, -0.2) is 53.6 Å². The first-order chi connectivity index (χ1) is 13.0. The van der Waals surface area contributed by atoms with Gasteiger partial charge in [-0.15, -0.1) is 0 Å². The third-order valence-electron chi connectivity index (χ3n) is 4.24. The van der Waals surface area contributed by atoms with Crippen LogP contribution in [0.3, 0.4) is 0 Å². The molecule has 0 bridgehead atoms. The van der Waals surface area contributed by atoms with E-state index in [1.165, 1.54) is 10.6 Å². The van der Waals surface area contributed by atoms with Gasteiger partial charge in [-0.3, -0.25) is 4.98 Å². The van der Waals surface area contributed by atoms with Gasteiger partial charge in [-0.05, 0) is 30.7 Å². The summed E-state index contributed by atoms with van der Waals surface area (Å²) in [4.78, 5) is 13.4. The predicted molar refractivity (Wildman–Crippen MR) is 108 cm³/mol. The Morgan fingerprint density at radius 3 is 2.52 bits per heavy atom. The highest BCUT2D eigenvalue weighted by Crippen LogP contribution is 2.24. The minimum Gasteiger partial charge on any atom is -0.369 e. The molecule has 142 valence electrons. The fourth-order valence-corrected chi connectivity index (χ4v) is 3.79. The Bertz CT molecular complexity index is 1010. The van der Waals surface area contributed by atoms with Crippen LogP contribution in [0.2, 0.25) is 0 Å². The number of nitrogens with one attached hydrogen (secondary N) is 1. The quantitative estimate of drug-likeness (QED) is 0.600. The molecule has 0 fully saturated rings. The summed E-state index contributed by atoms with van der Waals surface area (Å²) in [6, 6.07) is 11.6. The number of benzene rings is 1. The molecule has 0 unspecified atom stereocenters. The Labute approximate surface area is 159 Å². The number of rotatable bonds is 8. The first-order valence-electron chi connectivity index (χ1n) is 8.85. The Morgan fingerprint density at radius 2 is 1.81 bits per heavy atom. The van der Waals surface area contributed by atoms with Crippen molar-refractivity contribution in [3.8, 4) is 11.4 Å². The van der Waals surface area contributed by atoms with Crippen molar-refractivity contribution in [2.75, 3.05) is 31.2 Å². The van der Waals surface area contributed by atoms with Gasteiger partial charge in [0.25, 0.3) is 0 Å². The molecule has 1 aromatic carbocycles. The summed E-state index contributed by atoms with van der Waals surface area (Å²) in [5.74, 6) is 1.37. The average Bonchev–Trinajstić information content (AvgIpc) is 2.67. The Morgan fingerprint density at radius 1 is 1.07 bits per heavy atom. The molecule has 0 radical (unpaired) electrons. The van der Waals surface area contributed by atoms with Crippen LogP contribution in [0.5, 0.6) is 0 Å². The molecule has 0 saturated carbocycles. The second kappa shape index (κ2) is 8.41. The lowest BCUT2D eigenvalue weighted by Crippen LogP contribution is -2.31. The van der Waals surface area contributed by atoms with Crippen LogP contribution in [-0.2, 0) is 10.0 Å². The van der Waals surface area contributed by atoms with Crippen molar-refractivity contribution in [2.24, 2.45) is 0 Å². The highest BCUT2D eigenvalue weighted by atomic mass is 32.2. The highest BCUT2D eigenvalue weighted by molar-refractivity contribution is 7.88. The van der Waals surface area contributed by atoms with Crippen molar-refractivity contribution in [3.63, 3.8) is 0 Å². The molecule has 8 heteroatoms. The number of para-hydroxylation sites is 1. The largest absolute Gasteiger partial charge is 0.369 e. The maximum absolute atomic E-state index is 11.7. The molecule has 2 heterocycles. The first kappa shape index (κ1) is 19.2. The number of aromatic nitrogens is 3. The zero-order chi connectivity index (χ0) is 19.3. The van der Waals surface area contributed by atoms with Crippen LogP contribution >= 0.6 is 0 Å². The van der Waals surface area contributed by atoms with Crippen molar-refractivity contribution >= 4 is 26.7 Å². The zero-order valence-corrected chi connectivity index (χ0v) is 16.3. The molecule has 7 nitrogen and oxygen atoms in total. The van der Waals surface area contributed by atoms with Crippen molar-refractivity contribution < 1.29 is 8.42 Å². The normalized spacial score (nSPS) is 11.8. The maximum Gasteiger partial charge on any atom is 0.211 e. The maximum atomic E-state index is 11.7. The van der Waals surface area contributed by atoms with Gasteiger partial charge in [0.15, 0.2) is 5.82 Å². The molecule has 3 rings (SSSR count). The third kappa shape index (κ3) is 4.78. The molecule has 0 saturated heterocycles. The van der Waals surface area contributed by atoms with E-state index in [0.29, 0.717) is 31.9 Å². The minimum atomic E-state index is -3.16. The Kier molecular flexibility index (Phi) is 5.98. The molecule has 0 spiro atoms. The lowest BCUT2D eigenvalue weighted by molar-refractivity contribution is 0.428. The number of anilines is 1. The van der Waals surface area contributed by atoms with E-state index < -0.39 is 10.0 Å². The Hall–Kier alpha value is -2.58. The number of sulfonamides is 1. The van der Waals surface area contributed by atoms with Crippen molar-refractivity contribution in [2.45, 2.75) is 13.3 Å². The van der Waals surface area contributed by atoms with Gasteiger partial charge < -0.3 is 5.32 Å². The fourth-order valence-electron chi connectivity index (χ4n) is 2.86. The number of fused-ring (bicyclic) bond motifs is 1. The molecule has 2 aromatic heterocycles. The molecular weight excluding hydrogens is 362 g/mol. The molecule has 0 aliphatic rings. The van der Waals surface area contributed by atoms with E-state index in [9.17, 15) is 8.42 Å². The molecule has 0 amide bonds. The smallest absolute Gasteiger partial charge is 0.211 e. The van der Waals surface area contributed by atoms with Gasteiger partial charge >= 0.3 is 0 Å². The van der Waals surface area contributed by atoms with Gasteiger partial charge in [0, 0.05) is 43.0 Å². The minimum absolute atomic E-state index is 0.474. The van der Waals surface area contributed by atoms with E-state index in [4.69, 9.17) is 0 Å². The molecule has 1 N–H and O–H groups in total. The van der Waals surface area contributed by atoms with E-state index in [-0.39, 0.29) is 0 Å². The zero-order valence-electron chi connectivity index (χ0n) is 15.5. The molecule has 3 aromatic rings. The van der Waals surface area contributed by atoms with E-state index in [0.717, 1.165) is 22.3 Å². The van der Waals surface area contributed by atoms with Crippen molar-refractivity contribution in [3.05, 3.63) is 48.8 Å². The SMILES string of the molecule is CCN(CCCNc1nc(-c2ccncc2)nc2ccccc12)S(C)(=O)=O. The van der Waals surface area contributed by atoms with Crippen LogP contribution in [0.25, 0.3) is 22.3 Å². The van der Waals surface area contributed by atoms with Gasteiger partial charge in [-0.1, -0.05) is 19.1 Å². The number of pyridine rings is 1. The second-order valence-corrected chi connectivity index (χ2v) is 8.17. The van der Waals surface area contributed by atoms with E-state index in [2.05, 4.69) is 20.3 Å². The van der Waals surface area contributed by atoms with Crippen LogP contribution in [0, 0.1) is 0 Å². The molecule has 0 aliphatic carbocycles. The van der Waals surface area contributed by atoms with Gasteiger partial charge in [0.05, 0.1) is 11.8 Å². The molecular formula is C19H23N5O2S. The first-order valence-corrected chi connectivity index (χ1v) is 10.7. The third-order valence-corrected chi connectivity index (χ3v) is 5.62. The second-order valence-electron chi connectivity index (χ2n) is 6.18. The number of hydrogen-bond acceptors (Lipinski definition) is 6. The summed E-state index contributed by atoms with van der Waals surface area (Å²) in [6.45, 7) is 3.40. The van der Waals surface area contributed by atoms with Gasteiger partial charge in [-0.25, -0.2) is 22.7 Å². The predicted octanol–water partition coefficient (Wildman–Crippen LogP) is 2.78. The van der Waals surface area contributed by atoms with Crippen LogP contribution in [0.1, 0.15) is 13.3 Å². The number of hydrogen-bond donors (Lipinski definition) is 1. The van der Waals surface area contributed by atoms with Crippen LogP contribution in [0.15, 0.2) is 48.8 Å². The molecule has 27 heavy (non-hydrogen) atoms. The molecule has 0 atom stereocenters. The summed E-state index contributed by atoms with van der Waals surface area (Å²) in [5, 5.41) is 4.28. The van der Waals surface area contributed by atoms with E-state index in [1.54, 1.807) is 12.4 Å². The van der Waals surface area contributed by atoms with Gasteiger partial charge in [0.2, 0.25) is 10.0 Å². The highest BCUT2D eigenvalue weighted by Gasteiger charge is 2.14. The van der Waals surface area contributed by atoms with Crippen LogP contribution in [0.4, 0.5) is 5.82 Å². The van der Waals surface area contributed by atoms with Crippen LogP contribution < -0.4 is 5.32 Å². The molecule has 0 aliphatic heterocycles. The van der Waals surface area contributed by atoms with E-state index in [1.807, 2.05) is 43.3 Å². The topological polar surface area (TPSA) is 88.1 Å². The van der Waals surface area contributed by atoms with Gasteiger partial charge in [0.1, 0.15) is 5.82 Å². The average molecular weight is 385 g/mol. The Balaban J connectivity index is 1.79. The monoisotopic (exact) mass is 385 g/mol. The fraction of sp³-hybridized carbons (Fsp3) is 0.316. The number of nitrogens with zero attached hydrogens (tertiary/aromatic N) is 4. The summed E-state index contributed by atoms with van der Waals surface area (Å²) in [7, 11) is -3.16.